The maximum Gasteiger partial charge on any atom is 0.407 e. The molecule has 0 aliphatic carbocycles. The second-order valence-electron chi connectivity index (χ2n) is 7.30. The Morgan fingerprint density at radius 2 is 2.12 bits per heavy atom. The number of para-hydroxylation sites is 1. The number of carbonyl (C=O) groups is 1. The topological polar surface area (TPSA) is 59.6 Å². The van der Waals surface area contributed by atoms with Gasteiger partial charge in [-0.2, -0.15) is 0 Å². The highest BCUT2D eigenvalue weighted by atomic mass is 16.6. The molecule has 1 aliphatic heterocycles. The maximum atomic E-state index is 11.9. The van der Waals surface area contributed by atoms with E-state index in [-0.39, 0.29) is 0 Å². The lowest BCUT2D eigenvalue weighted by Crippen LogP contribution is -2.33. The monoisotopic (exact) mass is 334 g/mol. The van der Waals surface area contributed by atoms with Crippen LogP contribution in [-0.2, 0) is 16.0 Å². The Hall–Kier alpha value is -1.75. The van der Waals surface area contributed by atoms with Gasteiger partial charge in [0, 0.05) is 30.8 Å². The van der Waals surface area contributed by atoms with Gasteiger partial charge in [-0.3, -0.25) is 0 Å². The lowest BCUT2D eigenvalue weighted by Gasteiger charge is -2.25. The molecule has 0 radical (unpaired) electrons. The molecule has 1 fully saturated rings. The lowest BCUT2D eigenvalue weighted by molar-refractivity contribution is 0.0523. The van der Waals surface area contributed by atoms with Gasteiger partial charge in [0.05, 0.1) is 6.61 Å². The van der Waals surface area contributed by atoms with Gasteiger partial charge in [-0.15, -0.1) is 0 Å². The van der Waals surface area contributed by atoms with E-state index in [4.69, 9.17) is 9.47 Å². The van der Waals surface area contributed by atoms with Crippen LogP contribution in [0.2, 0.25) is 0 Å². The number of rotatable bonds is 6. The lowest BCUT2D eigenvalue weighted by atomic mass is 9.96. The predicted octanol–water partition coefficient (Wildman–Crippen LogP) is 3.94. The fourth-order valence-electron chi connectivity index (χ4n) is 2.92. The molecule has 5 heteroatoms. The van der Waals surface area contributed by atoms with Gasteiger partial charge < -0.3 is 20.1 Å². The molecular formula is C19H30N2O3. The number of alkyl carbamates (subject to hydrolysis) is 1. The van der Waals surface area contributed by atoms with Crippen LogP contribution in [0.1, 0.15) is 46.1 Å². The van der Waals surface area contributed by atoms with Crippen molar-refractivity contribution in [1.29, 1.82) is 0 Å². The quantitative estimate of drug-likeness (QED) is 0.827. The van der Waals surface area contributed by atoms with Crippen LogP contribution in [-0.4, -0.2) is 30.9 Å². The molecule has 2 N–H and O–H groups in total. The number of hydrogen-bond donors (Lipinski definition) is 2. The van der Waals surface area contributed by atoms with Crippen molar-refractivity contribution in [1.82, 2.24) is 5.32 Å². The molecule has 24 heavy (non-hydrogen) atoms. The summed E-state index contributed by atoms with van der Waals surface area (Å²) in [6.07, 6.45) is 1.75. The minimum absolute atomic E-state index is 0.384. The normalized spacial score (nSPS) is 18.9. The van der Waals surface area contributed by atoms with E-state index in [1.807, 2.05) is 39.0 Å². The first-order valence-corrected chi connectivity index (χ1v) is 8.78. The zero-order chi connectivity index (χ0) is 17.6. The first kappa shape index (κ1) is 18.6. The van der Waals surface area contributed by atoms with Crippen LogP contribution < -0.4 is 10.6 Å². The largest absolute Gasteiger partial charge is 0.444 e. The van der Waals surface area contributed by atoms with E-state index in [2.05, 4.69) is 23.6 Å². The molecule has 5 nitrogen and oxygen atoms in total. The average Bonchev–Trinajstić information content (AvgIpc) is 3.04. The molecule has 0 bridgehead atoms. The van der Waals surface area contributed by atoms with Crippen LogP contribution in [0.5, 0.6) is 0 Å². The third kappa shape index (κ3) is 5.71. The second-order valence-corrected chi connectivity index (χ2v) is 7.30. The van der Waals surface area contributed by atoms with E-state index in [0.717, 1.165) is 37.3 Å². The van der Waals surface area contributed by atoms with Crippen LogP contribution in [0.3, 0.4) is 0 Å². The highest BCUT2D eigenvalue weighted by Crippen LogP contribution is 2.24. The number of anilines is 1. The Morgan fingerprint density at radius 1 is 1.38 bits per heavy atom. The van der Waals surface area contributed by atoms with Gasteiger partial charge in [-0.05, 0) is 45.2 Å². The van der Waals surface area contributed by atoms with E-state index in [9.17, 15) is 4.79 Å². The van der Waals surface area contributed by atoms with E-state index in [0.29, 0.717) is 18.5 Å². The fraction of sp³-hybridized carbons (Fsp3) is 0.632. The van der Waals surface area contributed by atoms with Gasteiger partial charge in [0.15, 0.2) is 0 Å². The van der Waals surface area contributed by atoms with Gasteiger partial charge in [0.25, 0.3) is 0 Å². The molecule has 1 saturated heterocycles. The smallest absolute Gasteiger partial charge is 0.407 e. The van der Waals surface area contributed by atoms with Crippen LogP contribution in [0, 0.1) is 5.92 Å². The van der Waals surface area contributed by atoms with Crippen molar-refractivity contribution in [3.63, 3.8) is 0 Å². The number of benzene rings is 1. The van der Waals surface area contributed by atoms with E-state index < -0.39 is 11.7 Å². The molecule has 1 amide bonds. The Morgan fingerprint density at radius 3 is 2.75 bits per heavy atom. The number of ether oxygens (including phenoxy) is 2. The van der Waals surface area contributed by atoms with Crippen LogP contribution in [0.25, 0.3) is 0 Å². The summed E-state index contributed by atoms with van der Waals surface area (Å²) in [4.78, 5) is 11.9. The van der Waals surface area contributed by atoms with Crippen molar-refractivity contribution >= 4 is 11.8 Å². The van der Waals surface area contributed by atoms with Crippen LogP contribution in [0.15, 0.2) is 24.3 Å². The molecule has 2 atom stereocenters. The first-order valence-electron chi connectivity index (χ1n) is 8.78. The number of carbonyl (C=O) groups excluding carboxylic acids is 1. The second kappa shape index (κ2) is 8.38. The minimum Gasteiger partial charge on any atom is -0.444 e. The SMILES string of the molecule is CCC(Nc1ccccc1CNC(=O)OC(C)(C)C)C1CCOC1. The number of hydrogen-bond acceptors (Lipinski definition) is 4. The van der Waals surface area contributed by atoms with Crippen molar-refractivity contribution in [3.8, 4) is 0 Å². The predicted molar refractivity (Wildman–Crippen MR) is 96.1 cm³/mol. The van der Waals surface area contributed by atoms with E-state index in [1.54, 1.807) is 0 Å². The summed E-state index contributed by atoms with van der Waals surface area (Å²) in [5.74, 6) is 0.543. The molecule has 134 valence electrons. The zero-order valence-electron chi connectivity index (χ0n) is 15.2. The molecular weight excluding hydrogens is 304 g/mol. The van der Waals surface area contributed by atoms with Crippen molar-refractivity contribution < 1.29 is 14.3 Å². The summed E-state index contributed by atoms with van der Waals surface area (Å²) < 4.78 is 10.8. The Labute approximate surface area is 145 Å². The zero-order valence-corrected chi connectivity index (χ0v) is 15.2. The molecule has 2 unspecified atom stereocenters. The number of amides is 1. The summed E-state index contributed by atoms with van der Waals surface area (Å²) in [5, 5.41) is 6.47. The Bertz CT molecular complexity index is 534. The standard InChI is InChI=1S/C19H30N2O3/c1-5-16(15-10-11-23-13-15)21-17-9-7-6-8-14(17)12-20-18(22)24-19(2,3)4/h6-9,15-16,21H,5,10-13H2,1-4H3,(H,20,22). The van der Waals surface area contributed by atoms with Crippen LogP contribution in [0.4, 0.5) is 10.5 Å². The van der Waals surface area contributed by atoms with Gasteiger partial charge in [-0.1, -0.05) is 25.1 Å². The average molecular weight is 334 g/mol. The number of nitrogens with one attached hydrogen (secondary N) is 2. The van der Waals surface area contributed by atoms with Gasteiger partial charge in [-0.25, -0.2) is 4.79 Å². The van der Waals surface area contributed by atoms with Crippen molar-refractivity contribution in [2.75, 3.05) is 18.5 Å². The molecule has 0 saturated carbocycles. The summed E-state index contributed by atoms with van der Waals surface area (Å²) in [6.45, 7) is 9.88. The fourth-order valence-corrected chi connectivity index (χ4v) is 2.92. The van der Waals surface area contributed by atoms with Crippen molar-refractivity contribution in [3.05, 3.63) is 29.8 Å². The highest BCUT2D eigenvalue weighted by molar-refractivity contribution is 5.68. The van der Waals surface area contributed by atoms with E-state index >= 15 is 0 Å². The Kier molecular flexibility index (Phi) is 6.49. The molecule has 0 spiro atoms. The molecule has 1 aliphatic rings. The van der Waals surface area contributed by atoms with Crippen molar-refractivity contribution in [2.45, 2.75) is 58.7 Å². The minimum atomic E-state index is -0.488. The Balaban J connectivity index is 1.97. The molecule has 1 heterocycles. The highest BCUT2D eigenvalue weighted by Gasteiger charge is 2.25. The summed E-state index contributed by atoms with van der Waals surface area (Å²) >= 11 is 0. The van der Waals surface area contributed by atoms with E-state index in [1.165, 1.54) is 0 Å². The summed E-state index contributed by atoms with van der Waals surface area (Å²) in [5.41, 5.74) is 1.63. The molecule has 0 aromatic heterocycles. The molecule has 2 rings (SSSR count). The van der Waals surface area contributed by atoms with Crippen molar-refractivity contribution in [2.24, 2.45) is 5.92 Å². The van der Waals surface area contributed by atoms with Gasteiger partial charge >= 0.3 is 6.09 Å². The van der Waals surface area contributed by atoms with Gasteiger partial charge in [0.1, 0.15) is 5.60 Å². The summed E-state index contributed by atoms with van der Waals surface area (Å²) in [6, 6.07) is 8.46. The van der Waals surface area contributed by atoms with Crippen LogP contribution >= 0.6 is 0 Å². The maximum absolute atomic E-state index is 11.9. The third-order valence-electron chi connectivity index (χ3n) is 4.15. The molecule has 1 aromatic rings. The van der Waals surface area contributed by atoms with Gasteiger partial charge in [0.2, 0.25) is 0 Å². The first-order chi connectivity index (χ1) is 11.4. The summed E-state index contributed by atoms with van der Waals surface area (Å²) in [7, 11) is 0. The molecule has 1 aromatic carbocycles. The third-order valence-corrected chi connectivity index (χ3v) is 4.15.